The van der Waals surface area contributed by atoms with Crippen LogP contribution in [0.1, 0.15) is 5.56 Å². The van der Waals surface area contributed by atoms with Crippen LogP contribution in [0.4, 0.5) is 0 Å². The van der Waals surface area contributed by atoms with Gasteiger partial charge in [0.2, 0.25) is 11.4 Å². The van der Waals surface area contributed by atoms with Gasteiger partial charge in [0.05, 0.1) is 71.8 Å². The minimum atomic E-state index is 0.468. The van der Waals surface area contributed by atoms with Gasteiger partial charge in [-0.25, -0.2) is 0 Å². The summed E-state index contributed by atoms with van der Waals surface area (Å²) >= 11 is 0. The van der Waals surface area contributed by atoms with Gasteiger partial charge in [0.1, 0.15) is 17.2 Å². The van der Waals surface area contributed by atoms with Crippen LogP contribution in [-0.4, -0.2) is 22.8 Å². The molecular formula is C89H52N6O2. The van der Waals surface area contributed by atoms with E-state index in [1.807, 2.05) is 12.1 Å². The topological polar surface area (TPSA) is 74.7 Å². The number of hydrogen-bond acceptors (Lipinski definition) is 3. The van der Waals surface area contributed by atoms with Crippen molar-refractivity contribution in [3.63, 3.8) is 0 Å². The van der Waals surface area contributed by atoms with Crippen molar-refractivity contribution in [2.45, 2.75) is 0 Å². The van der Waals surface area contributed by atoms with Gasteiger partial charge in [-0.1, -0.05) is 218 Å². The van der Waals surface area contributed by atoms with Gasteiger partial charge in [0.25, 0.3) is 0 Å². The van der Waals surface area contributed by atoms with Crippen LogP contribution in [-0.2, 0) is 0 Å². The third-order valence-corrected chi connectivity index (χ3v) is 20.3. The van der Waals surface area contributed by atoms with Crippen LogP contribution in [0.2, 0.25) is 0 Å². The predicted molar refractivity (Wildman–Crippen MR) is 399 cm³/mol. The molecular weight excluding hydrogens is 1190 g/mol. The molecule has 8 heteroatoms. The van der Waals surface area contributed by atoms with E-state index in [-0.39, 0.29) is 0 Å². The fourth-order valence-corrected chi connectivity index (χ4v) is 16.4. The Hall–Kier alpha value is -13.4. The molecule has 0 aliphatic rings. The van der Waals surface area contributed by atoms with E-state index in [1.165, 1.54) is 0 Å². The molecule has 0 saturated carbocycles. The molecule has 21 rings (SSSR count). The van der Waals surface area contributed by atoms with Crippen molar-refractivity contribution in [2.24, 2.45) is 0 Å². The lowest BCUT2D eigenvalue weighted by atomic mass is 9.83. The highest BCUT2D eigenvalue weighted by atomic mass is 16.3. The summed E-state index contributed by atoms with van der Waals surface area (Å²) in [5.41, 5.74) is 20.9. The second kappa shape index (κ2) is 20.3. The van der Waals surface area contributed by atoms with Gasteiger partial charge in [-0.15, -0.1) is 0 Å². The molecule has 14 aromatic carbocycles. The van der Waals surface area contributed by atoms with Crippen LogP contribution in [0.5, 0.6) is 0 Å². The van der Waals surface area contributed by atoms with Gasteiger partial charge in [0, 0.05) is 87.6 Å². The molecule has 0 spiro atoms. The molecule has 0 amide bonds. The van der Waals surface area contributed by atoms with Crippen LogP contribution >= 0.6 is 0 Å². The summed E-state index contributed by atoms with van der Waals surface area (Å²) in [5, 5.41) is 26.2. The predicted octanol–water partition coefficient (Wildman–Crippen LogP) is 23.5. The molecule has 0 radical (unpaired) electrons. The Bertz CT molecular complexity index is 6490. The molecule has 0 unspecified atom stereocenters. The van der Waals surface area contributed by atoms with Crippen LogP contribution in [0, 0.1) is 11.3 Å². The fraction of sp³-hybridized carbons (Fsp3) is 0. The molecule has 0 bridgehead atoms. The summed E-state index contributed by atoms with van der Waals surface area (Å²) in [6, 6.07) is 116. The number of benzene rings is 14. The fourth-order valence-electron chi connectivity index (χ4n) is 16.4. The van der Waals surface area contributed by atoms with Crippen molar-refractivity contribution in [3.8, 4) is 67.9 Å². The smallest absolute Gasteiger partial charge is 0.213 e. The van der Waals surface area contributed by atoms with E-state index >= 15 is 0 Å². The van der Waals surface area contributed by atoms with Crippen molar-refractivity contribution < 1.29 is 8.83 Å². The molecule has 21 aromatic rings. The Morgan fingerprint density at radius 3 is 0.804 bits per heavy atom. The molecule has 0 saturated heterocycles. The molecule has 97 heavy (non-hydrogen) atoms. The van der Waals surface area contributed by atoms with Crippen LogP contribution in [0.3, 0.4) is 0 Å². The highest BCUT2D eigenvalue weighted by Crippen LogP contribution is 2.55. The minimum Gasteiger partial charge on any atom is -0.439 e. The summed E-state index contributed by atoms with van der Waals surface area (Å²) in [5.74, 6) is 0. The first-order valence-corrected chi connectivity index (χ1v) is 32.9. The summed E-state index contributed by atoms with van der Waals surface area (Å²) in [7, 11) is 0. The highest BCUT2D eigenvalue weighted by molar-refractivity contribution is 6.24. The first kappa shape index (κ1) is 53.2. The van der Waals surface area contributed by atoms with E-state index in [9.17, 15) is 5.26 Å². The lowest BCUT2D eigenvalue weighted by Crippen LogP contribution is -2.11. The van der Waals surface area contributed by atoms with Crippen LogP contribution in [0.25, 0.3) is 193 Å². The van der Waals surface area contributed by atoms with Crippen molar-refractivity contribution in [1.82, 2.24) is 22.8 Å². The van der Waals surface area contributed by atoms with Crippen molar-refractivity contribution in [1.29, 1.82) is 5.26 Å². The lowest BCUT2D eigenvalue weighted by molar-refractivity contribution is 0.644. The van der Waals surface area contributed by atoms with E-state index in [2.05, 4.69) is 332 Å². The number of para-hydroxylation sites is 10. The zero-order valence-corrected chi connectivity index (χ0v) is 52.0. The van der Waals surface area contributed by atoms with E-state index in [1.54, 1.807) is 0 Å². The Labute approximate surface area is 554 Å². The zero-order chi connectivity index (χ0) is 63.6. The van der Waals surface area contributed by atoms with Crippen LogP contribution in [0.15, 0.2) is 324 Å². The maximum Gasteiger partial charge on any atom is 0.213 e. The number of hydrogen-bond donors (Lipinski definition) is 0. The maximum absolute atomic E-state index is 13.2. The van der Waals surface area contributed by atoms with Gasteiger partial charge in [-0.05, 0) is 114 Å². The molecule has 8 nitrogen and oxygen atoms in total. The van der Waals surface area contributed by atoms with E-state index in [0.717, 1.165) is 182 Å². The largest absolute Gasteiger partial charge is 0.439 e. The number of furan rings is 2. The summed E-state index contributed by atoms with van der Waals surface area (Å²) in [4.78, 5) is 0. The lowest BCUT2D eigenvalue weighted by Gasteiger charge is -2.28. The molecule has 0 N–H and O–H groups in total. The zero-order valence-electron chi connectivity index (χ0n) is 52.0. The monoisotopic (exact) mass is 1240 g/mol. The van der Waals surface area contributed by atoms with E-state index in [4.69, 9.17) is 8.83 Å². The van der Waals surface area contributed by atoms with Crippen molar-refractivity contribution >= 4 is 131 Å². The summed E-state index contributed by atoms with van der Waals surface area (Å²) < 4.78 is 26.7. The maximum atomic E-state index is 13.2. The van der Waals surface area contributed by atoms with E-state index < -0.39 is 0 Å². The highest BCUT2D eigenvalue weighted by Gasteiger charge is 2.35. The van der Waals surface area contributed by atoms with E-state index in [0.29, 0.717) is 17.0 Å². The van der Waals surface area contributed by atoms with Gasteiger partial charge in [0.15, 0.2) is 0 Å². The van der Waals surface area contributed by atoms with Crippen molar-refractivity contribution in [3.05, 3.63) is 321 Å². The number of aromatic nitrogens is 5. The molecule has 0 aliphatic heterocycles. The molecule has 7 heterocycles. The number of fused-ring (bicyclic) bond motifs is 19. The average molecular weight is 1240 g/mol. The third kappa shape index (κ3) is 7.45. The normalized spacial score (nSPS) is 12.1. The SMILES string of the molecule is N#Cc1c(-c2cccc(-n3c4ccccc4c4ccccc43)c2)c(-n2c3ccccc3c3c4ccccc4oc32)c(-c2cccc(-n3c4ccccc4c4ccccc43)c2)c(-n2c3ccccc3c3c4ccccc4oc32)c1-c1cccc(-n2c3ccccc3c3ccccc32)c1. The quantitative estimate of drug-likeness (QED) is 0.152. The first-order chi connectivity index (χ1) is 48.1. The molecule has 7 aromatic heterocycles. The molecule has 0 aliphatic carbocycles. The standard InChI is InChI=1S/C89H52N6O2/c90-53-70-81(54-24-21-27-57(50-54)91-71-40-11-1-30-60(71)61-31-2-12-41-72(61)91)86(94-77-46-17-7-36-66(77)84-68-38-9-19-48-79(68)96-88(84)94)83(56-26-23-29-59(52-56)93-75-44-15-5-34-64(75)65-35-6-16-45-76(65)93)87(95-78-47-18-8-37-67(78)85-69-39-10-20-49-80(69)97-89(85)95)82(70)55-25-22-28-58(51-55)92-73-42-13-3-32-62(73)63-33-4-14-43-74(63)92/h1-52H. The molecule has 0 atom stereocenters. The number of rotatable bonds is 8. The Morgan fingerprint density at radius 1 is 0.237 bits per heavy atom. The van der Waals surface area contributed by atoms with Crippen molar-refractivity contribution in [2.75, 3.05) is 0 Å². The van der Waals surface area contributed by atoms with Gasteiger partial charge >= 0.3 is 0 Å². The third-order valence-electron chi connectivity index (χ3n) is 20.3. The Morgan fingerprint density at radius 2 is 0.495 bits per heavy atom. The molecule has 450 valence electrons. The minimum absolute atomic E-state index is 0.468. The Balaban J connectivity index is 1.01. The first-order valence-electron chi connectivity index (χ1n) is 32.9. The summed E-state index contributed by atoms with van der Waals surface area (Å²) in [6.45, 7) is 0. The number of nitriles is 1. The number of nitrogens with zero attached hydrogens (tertiary/aromatic N) is 6. The summed E-state index contributed by atoms with van der Waals surface area (Å²) in [6.07, 6.45) is 0. The second-order valence-corrected chi connectivity index (χ2v) is 25.3. The Kier molecular flexibility index (Phi) is 11.1. The second-order valence-electron chi connectivity index (χ2n) is 25.3. The van der Waals surface area contributed by atoms with Crippen LogP contribution < -0.4 is 0 Å². The van der Waals surface area contributed by atoms with Gasteiger partial charge < -0.3 is 22.5 Å². The van der Waals surface area contributed by atoms with Gasteiger partial charge in [-0.3, -0.25) is 9.13 Å². The average Bonchev–Trinajstić information content (AvgIpc) is 1.59. The molecule has 0 fully saturated rings. The van der Waals surface area contributed by atoms with Gasteiger partial charge in [-0.2, -0.15) is 5.26 Å².